The van der Waals surface area contributed by atoms with Crippen LogP contribution < -0.4 is 11.1 Å². The van der Waals surface area contributed by atoms with E-state index in [4.69, 9.17) is 5.73 Å². The van der Waals surface area contributed by atoms with E-state index in [1.165, 1.54) is 22.3 Å². The van der Waals surface area contributed by atoms with Gasteiger partial charge in [-0.05, 0) is 70.8 Å². The molecule has 0 heterocycles. The first-order valence-corrected chi connectivity index (χ1v) is 13.6. The van der Waals surface area contributed by atoms with Crippen LogP contribution in [0.15, 0.2) is 174 Å². The molecule has 0 saturated carbocycles. The Morgan fingerprint density at radius 3 is 1.10 bits per heavy atom. The molecule has 3 heteroatoms. The van der Waals surface area contributed by atoms with Crippen molar-refractivity contribution >= 4 is 33.0 Å². The van der Waals surface area contributed by atoms with Crippen molar-refractivity contribution in [3.8, 4) is 22.3 Å². The van der Waals surface area contributed by atoms with Gasteiger partial charge in [0.15, 0.2) is 0 Å². The molecule has 0 saturated heterocycles. The summed E-state index contributed by atoms with van der Waals surface area (Å²) in [7, 11) is 0. The molecule has 3 N–H and O–H groups in total. The van der Waals surface area contributed by atoms with Crippen molar-refractivity contribution in [2.45, 2.75) is 0 Å². The van der Waals surface area contributed by atoms with E-state index in [1.54, 1.807) is 0 Å². The van der Waals surface area contributed by atoms with Gasteiger partial charge in [-0.2, -0.15) is 0 Å². The Morgan fingerprint density at radius 1 is 0.359 bits per heavy atom. The van der Waals surface area contributed by atoms with Crippen molar-refractivity contribution in [2.75, 3.05) is 11.1 Å². The Bertz CT molecular complexity index is 1490. The van der Waals surface area contributed by atoms with Crippen molar-refractivity contribution in [3.05, 3.63) is 174 Å². The number of para-hydroxylation sites is 2. The van der Waals surface area contributed by atoms with Gasteiger partial charge in [-0.25, -0.2) is 0 Å². The third-order valence-electron chi connectivity index (χ3n) is 5.81. The topological polar surface area (TPSA) is 38.0 Å². The molecule has 39 heavy (non-hydrogen) atoms. The molecule has 0 atom stereocenters. The second kappa shape index (κ2) is 15.0. The molecule has 6 aromatic rings. The van der Waals surface area contributed by atoms with E-state index in [-0.39, 0.29) is 0 Å². The summed E-state index contributed by atoms with van der Waals surface area (Å²) in [6.45, 7) is 0. The van der Waals surface area contributed by atoms with E-state index >= 15 is 0 Å². The number of nitrogens with two attached hydrogens (primary N) is 1. The number of rotatable bonds is 4. The van der Waals surface area contributed by atoms with E-state index in [0.29, 0.717) is 0 Å². The van der Waals surface area contributed by atoms with E-state index < -0.39 is 0 Å². The molecule has 6 aromatic carbocycles. The summed E-state index contributed by atoms with van der Waals surface area (Å²) in [5.74, 6) is 0. The third kappa shape index (κ3) is 9.33. The molecule has 0 aliphatic carbocycles. The van der Waals surface area contributed by atoms with E-state index in [0.717, 1.165) is 21.5 Å². The van der Waals surface area contributed by atoms with Crippen molar-refractivity contribution in [1.29, 1.82) is 0 Å². The molecule has 2 nitrogen and oxygen atoms in total. The summed E-state index contributed by atoms with van der Waals surface area (Å²) in [6, 6.07) is 57.3. The maximum absolute atomic E-state index is 5.36. The van der Waals surface area contributed by atoms with Gasteiger partial charge in [-0.3, -0.25) is 0 Å². The molecule has 0 aliphatic heterocycles. The number of nitrogen functional groups attached to an aromatic ring is 1. The predicted molar refractivity (Wildman–Crippen MR) is 172 cm³/mol. The van der Waals surface area contributed by atoms with E-state index in [9.17, 15) is 0 Å². The van der Waals surface area contributed by atoms with Crippen molar-refractivity contribution in [1.82, 2.24) is 0 Å². The zero-order valence-electron chi connectivity index (χ0n) is 21.6. The molecule has 6 rings (SSSR count). The van der Waals surface area contributed by atoms with Crippen LogP contribution in [0, 0.1) is 0 Å². The summed E-state index contributed by atoms with van der Waals surface area (Å²) in [5.41, 5.74) is 13.4. The highest BCUT2D eigenvalue weighted by molar-refractivity contribution is 9.10. The van der Waals surface area contributed by atoms with Gasteiger partial charge >= 0.3 is 0 Å². The SMILES string of the molecule is Brc1ccc(-c2ccccc2)cc1.Nc1ccccc1.c1ccc(Nc2ccc(-c3ccccc3)cc2)cc1. The summed E-state index contributed by atoms with van der Waals surface area (Å²) < 4.78 is 1.12. The lowest BCUT2D eigenvalue weighted by Crippen LogP contribution is -1.89. The Kier molecular flexibility index (Phi) is 10.5. The average molecular weight is 572 g/mol. The standard InChI is InChI=1S/C18H15N.C12H9Br.C6H7N/c1-3-7-15(8-4-1)16-11-13-18(14-12-16)19-17-9-5-2-6-10-17;13-12-8-6-11(7-9-12)10-4-2-1-3-5-10;7-6-4-2-1-3-5-6/h1-14,19H;1-9H;1-5H,7H2. The minimum absolute atomic E-state index is 0.822. The number of anilines is 3. The number of benzene rings is 6. The van der Waals surface area contributed by atoms with Crippen LogP contribution in [0.5, 0.6) is 0 Å². The Labute approximate surface area is 239 Å². The maximum Gasteiger partial charge on any atom is 0.0384 e. The third-order valence-corrected chi connectivity index (χ3v) is 6.33. The number of hydrogen-bond acceptors (Lipinski definition) is 2. The summed E-state index contributed by atoms with van der Waals surface area (Å²) in [4.78, 5) is 0. The highest BCUT2D eigenvalue weighted by Gasteiger charge is 1.98. The summed E-state index contributed by atoms with van der Waals surface area (Å²) in [5, 5.41) is 3.38. The van der Waals surface area contributed by atoms with Gasteiger partial charge in [0.1, 0.15) is 0 Å². The smallest absolute Gasteiger partial charge is 0.0384 e. The van der Waals surface area contributed by atoms with Gasteiger partial charge < -0.3 is 11.1 Å². The average Bonchev–Trinajstić information content (AvgIpc) is 3.00. The normalized spacial score (nSPS) is 9.77. The predicted octanol–water partition coefficient (Wildman–Crippen LogP) is 10.5. The monoisotopic (exact) mass is 570 g/mol. The van der Waals surface area contributed by atoms with Crippen molar-refractivity contribution < 1.29 is 0 Å². The van der Waals surface area contributed by atoms with Crippen LogP contribution in [0.2, 0.25) is 0 Å². The Balaban J connectivity index is 0.000000152. The van der Waals surface area contributed by atoms with E-state index in [2.05, 4.69) is 130 Å². The lowest BCUT2D eigenvalue weighted by molar-refractivity contribution is 1.54. The molecule has 0 aromatic heterocycles. The van der Waals surface area contributed by atoms with Crippen LogP contribution in [0.4, 0.5) is 17.1 Å². The molecule has 0 fully saturated rings. The van der Waals surface area contributed by atoms with Crippen molar-refractivity contribution in [3.63, 3.8) is 0 Å². The maximum atomic E-state index is 5.36. The zero-order valence-corrected chi connectivity index (χ0v) is 23.2. The first kappa shape index (κ1) is 27.4. The quantitative estimate of drug-likeness (QED) is 0.207. The van der Waals surface area contributed by atoms with Crippen LogP contribution in [0.1, 0.15) is 0 Å². The van der Waals surface area contributed by atoms with Gasteiger partial charge in [0, 0.05) is 21.5 Å². The van der Waals surface area contributed by atoms with Gasteiger partial charge in [0.05, 0.1) is 0 Å². The van der Waals surface area contributed by atoms with Gasteiger partial charge in [-0.15, -0.1) is 0 Å². The largest absolute Gasteiger partial charge is 0.399 e. The molecular weight excluding hydrogens is 540 g/mol. The van der Waals surface area contributed by atoms with Crippen LogP contribution in [-0.2, 0) is 0 Å². The second-order valence-corrected chi connectivity index (χ2v) is 9.63. The van der Waals surface area contributed by atoms with Gasteiger partial charge in [0.25, 0.3) is 0 Å². The fraction of sp³-hybridized carbons (Fsp3) is 0. The number of nitrogens with one attached hydrogen (secondary N) is 1. The van der Waals surface area contributed by atoms with Crippen molar-refractivity contribution in [2.24, 2.45) is 0 Å². The minimum Gasteiger partial charge on any atom is -0.399 e. The van der Waals surface area contributed by atoms with Crippen LogP contribution in [-0.4, -0.2) is 0 Å². The van der Waals surface area contributed by atoms with Gasteiger partial charge in [0.2, 0.25) is 0 Å². The molecule has 0 bridgehead atoms. The first-order valence-electron chi connectivity index (χ1n) is 12.8. The molecule has 0 spiro atoms. The molecule has 0 aliphatic rings. The molecule has 0 amide bonds. The fourth-order valence-corrected chi connectivity index (χ4v) is 4.06. The number of hydrogen-bond donors (Lipinski definition) is 2. The molecule has 0 unspecified atom stereocenters. The lowest BCUT2D eigenvalue weighted by Gasteiger charge is -2.07. The van der Waals surface area contributed by atoms with Crippen LogP contribution in [0.3, 0.4) is 0 Å². The molecular formula is C36H31BrN2. The van der Waals surface area contributed by atoms with E-state index in [1.807, 2.05) is 60.7 Å². The highest BCUT2D eigenvalue weighted by atomic mass is 79.9. The first-order chi connectivity index (χ1) is 19.2. The number of halogens is 1. The Hall–Kier alpha value is -4.60. The zero-order chi connectivity index (χ0) is 27.1. The molecule has 0 radical (unpaired) electrons. The second-order valence-electron chi connectivity index (χ2n) is 8.72. The van der Waals surface area contributed by atoms with Crippen LogP contribution in [0.25, 0.3) is 22.3 Å². The lowest BCUT2D eigenvalue weighted by atomic mass is 10.1. The summed E-state index contributed by atoms with van der Waals surface area (Å²) >= 11 is 3.42. The fourth-order valence-electron chi connectivity index (χ4n) is 3.79. The van der Waals surface area contributed by atoms with Gasteiger partial charge in [-0.1, -0.05) is 137 Å². The summed E-state index contributed by atoms with van der Waals surface area (Å²) in [6.07, 6.45) is 0. The Morgan fingerprint density at radius 2 is 0.692 bits per heavy atom. The molecule has 192 valence electrons. The highest BCUT2D eigenvalue weighted by Crippen LogP contribution is 2.23. The minimum atomic E-state index is 0.822. The van der Waals surface area contributed by atoms with Crippen LogP contribution >= 0.6 is 15.9 Å².